The highest BCUT2D eigenvalue weighted by Gasteiger charge is 2.27. The van der Waals surface area contributed by atoms with Gasteiger partial charge in [-0.15, -0.1) is 0 Å². The number of fused-ring (bicyclic) bond motifs is 1. The summed E-state index contributed by atoms with van der Waals surface area (Å²) in [5, 5.41) is 10.8. The van der Waals surface area contributed by atoms with Crippen molar-refractivity contribution in [3.63, 3.8) is 0 Å². The lowest BCUT2D eigenvalue weighted by Gasteiger charge is -2.31. The smallest absolute Gasteiger partial charge is 0.352 e. The molecule has 0 unspecified atom stereocenters. The summed E-state index contributed by atoms with van der Waals surface area (Å²) in [6.45, 7) is 8.82. The van der Waals surface area contributed by atoms with Crippen molar-refractivity contribution in [2.45, 2.75) is 31.1 Å². The lowest BCUT2D eigenvalue weighted by atomic mass is 9.86. The van der Waals surface area contributed by atoms with E-state index in [0.29, 0.717) is 31.9 Å². The molecule has 0 radical (unpaired) electrons. The van der Waals surface area contributed by atoms with Crippen molar-refractivity contribution in [3.05, 3.63) is 84.1 Å². The monoisotopic (exact) mass is 531 g/mol. The second-order valence-electron chi connectivity index (χ2n) is 11.0. The van der Waals surface area contributed by atoms with Crippen molar-refractivity contribution in [3.8, 4) is 16.8 Å². The van der Waals surface area contributed by atoms with Gasteiger partial charge in [-0.1, -0.05) is 51.1 Å². The number of nitrogens with zero attached hydrogens (tertiary/aromatic N) is 3. The van der Waals surface area contributed by atoms with E-state index in [1.165, 1.54) is 9.87 Å². The maximum atomic E-state index is 13.1. The van der Waals surface area contributed by atoms with Crippen molar-refractivity contribution in [1.29, 1.82) is 0 Å². The van der Waals surface area contributed by atoms with E-state index in [4.69, 9.17) is 0 Å². The molecule has 1 N–H and O–H groups in total. The average molecular weight is 532 g/mol. The standard InChI is InChI=1S/C30H33N3O4S/c1-30(2,3)24-8-5-21(6-9-24)22-7-14-27-23(19-22)20-28(29(34)35)33(27)25-10-12-26(13-11-25)38(36,37)32-17-15-31(4)16-18-32/h5-14,19-20H,15-18H2,1-4H3,(H,34,35). The molecule has 0 saturated carbocycles. The highest BCUT2D eigenvalue weighted by molar-refractivity contribution is 7.89. The van der Waals surface area contributed by atoms with Crippen LogP contribution in [0.15, 0.2) is 77.7 Å². The van der Waals surface area contributed by atoms with Crippen LogP contribution < -0.4 is 0 Å². The number of rotatable bonds is 5. The Labute approximate surface area is 224 Å². The first-order valence-electron chi connectivity index (χ1n) is 12.7. The summed E-state index contributed by atoms with van der Waals surface area (Å²) < 4.78 is 29.4. The van der Waals surface area contributed by atoms with Gasteiger partial charge in [0.1, 0.15) is 5.69 Å². The van der Waals surface area contributed by atoms with Crippen molar-refractivity contribution in [1.82, 2.24) is 13.8 Å². The van der Waals surface area contributed by atoms with Crippen LogP contribution in [0.3, 0.4) is 0 Å². The molecule has 1 aliphatic rings. The minimum atomic E-state index is -3.61. The Morgan fingerprint density at radius 3 is 2.00 bits per heavy atom. The Bertz CT molecular complexity index is 1590. The van der Waals surface area contributed by atoms with Crippen LogP contribution in [0.4, 0.5) is 0 Å². The van der Waals surface area contributed by atoms with Crippen molar-refractivity contribution in [2.24, 2.45) is 0 Å². The molecule has 4 aromatic rings. The normalized spacial score (nSPS) is 15.7. The van der Waals surface area contributed by atoms with E-state index in [0.717, 1.165) is 22.0 Å². The fraction of sp³-hybridized carbons (Fsp3) is 0.300. The van der Waals surface area contributed by atoms with Crippen LogP contribution in [0.5, 0.6) is 0 Å². The van der Waals surface area contributed by atoms with Gasteiger partial charge < -0.3 is 14.6 Å². The molecule has 8 heteroatoms. The minimum absolute atomic E-state index is 0.0649. The van der Waals surface area contributed by atoms with Crippen LogP contribution in [0.1, 0.15) is 36.8 Å². The van der Waals surface area contributed by atoms with Crippen LogP contribution in [-0.2, 0) is 15.4 Å². The minimum Gasteiger partial charge on any atom is -0.477 e. The molecule has 0 atom stereocenters. The summed E-state index contributed by atoms with van der Waals surface area (Å²) in [5.74, 6) is -1.05. The van der Waals surface area contributed by atoms with E-state index in [-0.39, 0.29) is 16.0 Å². The van der Waals surface area contributed by atoms with Crippen LogP contribution in [-0.4, -0.2) is 66.5 Å². The molecule has 198 valence electrons. The van der Waals surface area contributed by atoms with E-state index in [1.54, 1.807) is 34.9 Å². The third-order valence-corrected chi connectivity index (χ3v) is 9.21. The average Bonchev–Trinajstić information content (AvgIpc) is 3.28. The van der Waals surface area contributed by atoms with Gasteiger partial charge in [0.2, 0.25) is 10.0 Å². The van der Waals surface area contributed by atoms with Gasteiger partial charge in [0.05, 0.1) is 10.4 Å². The summed E-state index contributed by atoms with van der Waals surface area (Å²) in [7, 11) is -1.63. The van der Waals surface area contributed by atoms with Gasteiger partial charge in [0.25, 0.3) is 0 Å². The molecule has 1 saturated heterocycles. The van der Waals surface area contributed by atoms with Gasteiger partial charge in [0, 0.05) is 37.3 Å². The number of aromatic carboxylic acids is 1. The number of carboxylic acids is 1. The molecule has 1 fully saturated rings. The topological polar surface area (TPSA) is 82.9 Å². The molecule has 1 aromatic heterocycles. The molecule has 3 aromatic carbocycles. The number of piperazine rings is 1. The van der Waals surface area contributed by atoms with E-state index in [2.05, 4.69) is 49.9 Å². The Morgan fingerprint density at radius 1 is 0.816 bits per heavy atom. The van der Waals surface area contributed by atoms with Crippen molar-refractivity contribution in [2.75, 3.05) is 33.2 Å². The zero-order valence-electron chi connectivity index (χ0n) is 22.2. The molecular formula is C30H33N3O4S. The van der Waals surface area contributed by atoms with Gasteiger partial charge in [-0.05, 0) is 71.6 Å². The summed E-state index contributed by atoms with van der Waals surface area (Å²) in [5.41, 5.74) is 4.83. The Balaban J connectivity index is 1.50. The Morgan fingerprint density at radius 2 is 1.42 bits per heavy atom. The van der Waals surface area contributed by atoms with E-state index >= 15 is 0 Å². The summed E-state index contributed by atoms with van der Waals surface area (Å²) in [4.78, 5) is 14.5. The summed E-state index contributed by atoms with van der Waals surface area (Å²) in [6, 6.07) is 22.5. The predicted molar refractivity (Wildman–Crippen MR) is 151 cm³/mol. The van der Waals surface area contributed by atoms with Crippen molar-refractivity contribution < 1.29 is 18.3 Å². The maximum absolute atomic E-state index is 13.1. The highest BCUT2D eigenvalue weighted by Crippen LogP contribution is 2.31. The highest BCUT2D eigenvalue weighted by atomic mass is 32.2. The fourth-order valence-electron chi connectivity index (χ4n) is 4.94. The number of benzene rings is 3. The van der Waals surface area contributed by atoms with Crippen LogP contribution in [0.2, 0.25) is 0 Å². The number of likely N-dealkylation sites (N-methyl/N-ethyl adjacent to an activating group) is 1. The zero-order chi connectivity index (χ0) is 27.2. The number of aromatic nitrogens is 1. The van der Waals surface area contributed by atoms with Gasteiger partial charge in [-0.25, -0.2) is 13.2 Å². The molecule has 0 amide bonds. The van der Waals surface area contributed by atoms with E-state index in [9.17, 15) is 18.3 Å². The molecule has 7 nitrogen and oxygen atoms in total. The molecule has 2 heterocycles. The quantitative estimate of drug-likeness (QED) is 0.381. The van der Waals surface area contributed by atoms with Gasteiger partial charge in [-0.3, -0.25) is 0 Å². The number of sulfonamides is 1. The molecule has 0 aliphatic carbocycles. The lowest BCUT2D eigenvalue weighted by Crippen LogP contribution is -2.46. The van der Waals surface area contributed by atoms with E-state index in [1.807, 2.05) is 25.2 Å². The Kier molecular flexibility index (Phi) is 6.67. The van der Waals surface area contributed by atoms with E-state index < -0.39 is 16.0 Å². The largest absolute Gasteiger partial charge is 0.477 e. The third-order valence-electron chi connectivity index (χ3n) is 7.30. The molecule has 0 spiro atoms. The zero-order valence-corrected chi connectivity index (χ0v) is 23.0. The second-order valence-corrected chi connectivity index (χ2v) is 12.9. The molecule has 38 heavy (non-hydrogen) atoms. The van der Waals surface area contributed by atoms with Crippen LogP contribution >= 0.6 is 0 Å². The van der Waals surface area contributed by atoms with Gasteiger partial charge in [0.15, 0.2) is 0 Å². The molecule has 5 rings (SSSR count). The van der Waals surface area contributed by atoms with Crippen molar-refractivity contribution >= 4 is 26.9 Å². The van der Waals surface area contributed by atoms with Gasteiger partial charge >= 0.3 is 5.97 Å². The van der Waals surface area contributed by atoms with Crippen LogP contribution in [0, 0.1) is 0 Å². The number of carbonyl (C=O) groups is 1. The van der Waals surface area contributed by atoms with Gasteiger partial charge in [-0.2, -0.15) is 4.31 Å². The molecule has 0 bridgehead atoms. The maximum Gasteiger partial charge on any atom is 0.352 e. The summed E-state index contributed by atoms with van der Waals surface area (Å²) in [6.07, 6.45) is 0. The van der Waals surface area contributed by atoms with Crippen LogP contribution in [0.25, 0.3) is 27.7 Å². The Hall–Kier alpha value is -3.46. The second kappa shape index (κ2) is 9.69. The summed E-state index contributed by atoms with van der Waals surface area (Å²) >= 11 is 0. The number of hydrogen-bond acceptors (Lipinski definition) is 4. The first-order valence-corrected chi connectivity index (χ1v) is 14.2. The molecular weight excluding hydrogens is 498 g/mol. The first-order chi connectivity index (χ1) is 17.9. The predicted octanol–water partition coefficient (Wildman–Crippen LogP) is 5.23. The number of carboxylic acid groups (broad SMARTS) is 1. The fourth-order valence-corrected chi connectivity index (χ4v) is 6.36. The number of hydrogen-bond donors (Lipinski definition) is 1. The lowest BCUT2D eigenvalue weighted by molar-refractivity contribution is 0.0688. The SMILES string of the molecule is CN1CCN(S(=O)(=O)c2ccc(-n3c(C(=O)O)cc4cc(-c5ccc(C(C)(C)C)cc5)ccc43)cc2)CC1. The third kappa shape index (κ3) is 4.87. The first kappa shape index (κ1) is 26.2. The molecule has 1 aliphatic heterocycles.